The van der Waals surface area contributed by atoms with Crippen LogP contribution in [0.15, 0.2) is 18.2 Å². The SMILES string of the molecule is CCN(CC(C)C)C(C)C(=O)Nc1cc(N)ccc1F. The Bertz CT molecular complexity index is 462. The van der Waals surface area contributed by atoms with Crippen molar-refractivity contribution in [2.45, 2.75) is 33.7 Å². The molecule has 0 saturated heterocycles. The third kappa shape index (κ3) is 4.49. The Hall–Kier alpha value is -1.62. The second-order valence-electron chi connectivity index (χ2n) is 5.39. The highest BCUT2D eigenvalue weighted by Gasteiger charge is 2.21. The molecule has 0 spiro atoms. The van der Waals surface area contributed by atoms with Crippen LogP contribution in [-0.4, -0.2) is 29.9 Å². The zero-order chi connectivity index (χ0) is 15.3. The molecule has 1 rings (SSSR count). The third-order valence-corrected chi connectivity index (χ3v) is 3.18. The van der Waals surface area contributed by atoms with Crippen LogP contribution in [0.25, 0.3) is 0 Å². The maximum Gasteiger partial charge on any atom is 0.241 e. The lowest BCUT2D eigenvalue weighted by Gasteiger charge is -2.28. The van der Waals surface area contributed by atoms with Crippen molar-refractivity contribution in [1.29, 1.82) is 0 Å². The van der Waals surface area contributed by atoms with Crippen LogP contribution in [0, 0.1) is 11.7 Å². The Morgan fingerprint density at radius 2 is 2.05 bits per heavy atom. The zero-order valence-electron chi connectivity index (χ0n) is 12.6. The molecule has 3 N–H and O–H groups in total. The van der Waals surface area contributed by atoms with Crippen LogP contribution < -0.4 is 11.1 Å². The van der Waals surface area contributed by atoms with Crippen LogP contribution in [0.2, 0.25) is 0 Å². The second kappa shape index (κ2) is 7.24. The maximum absolute atomic E-state index is 13.6. The molecule has 0 aliphatic heterocycles. The van der Waals surface area contributed by atoms with Crippen LogP contribution in [-0.2, 0) is 4.79 Å². The summed E-state index contributed by atoms with van der Waals surface area (Å²) in [6, 6.07) is 3.83. The number of hydrogen-bond donors (Lipinski definition) is 2. The van der Waals surface area contributed by atoms with Crippen molar-refractivity contribution in [3.05, 3.63) is 24.0 Å². The lowest BCUT2D eigenvalue weighted by atomic mass is 10.1. The molecule has 1 unspecified atom stereocenters. The van der Waals surface area contributed by atoms with E-state index in [-0.39, 0.29) is 17.6 Å². The minimum atomic E-state index is -0.480. The van der Waals surface area contributed by atoms with Gasteiger partial charge < -0.3 is 11.1 Å². The van der Waals surface area contributed by atoms with E-state index in [2.05, 4.69) is 24.1 Å². The Morgan fingerprint density at radius 1 is 1.40 bits per heavy atom. The smallest absolute Gasteiger partial charge is 0.241 e. The number of amides is 1. The number of nitrogens with one attached hydrogen (secondary N) is 1. The number of nitrogens with zero attached hydrogens (tertiary/aromatic N) is 1. The van der Waals surface area contributed by atoms with E-state index in [0.717, 1.165) is 13.1 Å². The second-order valence-corrected chi connectivity index (χ2v) is 5.39. The van der Waals surface area contributed by atoms with Crippen LogP contribution >= 0.6 is 0 Å². The predicted octanol–water partition coefficient (Wildman–Crippen LogP) is 2.71. The normalized spacial score (nSPS) is 12.8. The number of hydrogen-bond acceptors (Lipinski definition) is 3. The largest absolute Gasteiger partial charge is 0.399 e. The maximum atomic E-state index is 13.6. The van der Waals surface area contributed by atoms with Gasteiger partial charge in [-0.25, -0.2) is 4.39 Å². The summed E-state index contributed by atoms with van der Waals surface area (Å²) in [5.74, 6) is -0.238. The van der Waals surface area contributed by atoms with Crippen LogP contribution in [0.1, 0.15) is 27.7 Å². The Balaban J connectivity index is 2.76. The van der Waals surface area contributed by atoms with Crippen molar-refractivity contribution in [1.82, 2.24) is 4.90 Å². The van der Waals surface area contributed by atoms with Crippen LogP contribution in [0.3, 0.4) is 0 Å². The lowest BCUT2D eigenvalue weighted by molar-refractivity contribution is -0.120. The first-order valence-corrected chi connectivity index (χ1v) is 6.95. The number of halogens is 1. The fourth-order valence-electron chi connectivity index (χ4n) is 2.07. The third-order valence-electron chi connectivity index (χ3n) is 3.18. The molecule has 1 aromatic carbocycles. The number of anilines is 2. The van der Waals surface area contributed by atoms with Crippen molar-refractivity contribution in [3.63, 3.8) is 0 Å². The highest BCUT2D eigenvalue weighted by molar-refractivity contribution is 5.95. The lowest BCUT2D eigenvalue weighted by Crippen LogP contribution is -2.43. The quantitative estimate of drug-likeness (QED) is 0.788. The van der Waals surface area contributed by atoms with E-state index in [4.69, 9.17) is 5.73 Å². The highest BCUT2D eigenvalue weighted by atomic mass is 19.1. The van der Waals surface area contributed by atoms with Crippen molar-refractivity contribution >= 4 is 17.3 Å². The van der Waals surface area contributed by atoms with E-state index in [9.17, 15) is 9.18 Å². The van der Waals surface area contributed by atoms with Gasteiger partial charge in [0.15, 0.2) is 0 Å². The number of carbonyl (C=O) groups is 1. The fourth-order valence-corrected chi connectivity index (χ4v) is 2.07. The van der Waals surface area contributed by atoms with Crippen molar-refractivity contribution < 1.29 is 9.18 Å². The highest BCUT2D eigenvalue weighted by Crippen LogP contribution is 2.18. The molecule has 1 atom stereocenters. The molecule has 0 aliphatic rings. The first kappa shape index (κ1) is 16.4. The minimum absolute atomic E-state index is 0.127. The van der Waals surface area contributed by atoms with Gasteiger partial charge in [0.05, 0.1) is 11.7 Å². The minimum Gasteiger partial charge on any atom is -0.399 e. The number of likely N-dealkylation sites (N-methyl/N-ethyl adjacent to an activating group) is 1. The molecule has 0 radical (unpaired) electrons. The van der Waals surface area contributed by atoms with E-state index >= 15 is 0 Å². The molecule has 0 aliphatic carbocycles. The van der Waals surface area contributed by atoms with Gasteiger partial charge in [0, 0.05) is 12.2 Å². The van der Waals surface area contributed by atoms with Gasteiger partial charge in [-0.2, -0.15) is 0 Å². The molecule has 1 amide bonds. The molecule has 0 heterocycles. The van der Waals surface area contributed by atoms with Gasteiger partial charge in [0.2, 0.25) is 5.91 Å². The summed E-state index contributed by atoms with van der Waals surface area (Å²) in [6.07, 6.45) is 0. The predicted molar refractivity (Wildman–Crippen MR) is 81.0 cm³/mol. The molecule has 4 nitrogen and oxygen atoms in total. The number of nitrogens with two attached hydrogens (primary N) is 1. The van der Waals surface area contributed by atoms with Crippen LogP contribution in [0.4, 0.5) is 15.8 Å². The number of carbonyl (C=O) groups excluding carboxylic acids is 1. The first-order chi connectivity index (χ1) is 9.35. The van der Waals surface area contributed by atoms with Gasteiger partial charge in [-0.15, -0.1) is 0 Å². The summed E-state index contributed by atoms with van der Waals surface area (Å²) >= 11 is 0. The summed E-state index contributed by atoms with van der Waals surface area (Å²) in [5.41, 5.74) is 6.15. The average Bonchev–Trinajstić information content (AvgIpc) is 2.39. The van der Waals surface area contributed by atoms with Gasteiger partial charge in [0.1, 0.15) is 5.82 Å². The van der Waals surface area contributed by atoms with Gasteiger partial charge in [-0.3, -0.25) is 9.69 Å². The summed E-state index contributed by atoms with van der Waals surface area (Å²) in [7, 11) is 0. The number of nitrogen functional groups attached to an aromatic ring is 1. The summed E-state index contributed by atoms with van der Waals surface area (Å²) in [6.45, 7) is 9.63. The summed E-state index contributed by atoms with van der Waals surface area (Å²) in [4.78, 5) is 14.3. The Labute approximate surface area is 120 Å². The van der Waals surface area contributed by atoms with E-state index in [1.807, 2.05) is 13.8 Å². The molecular weight excluding hydrogens is 257 g/mol. The van der Waals surface area contributed by atoms with Gasteiger partial charge in [-0.05, 0) is 37.6 Å². The molecule has 0 aromatic heterocycles. The van der Waals surface area contributed by atoms with Crippen molar-refractivity contribution in [3.8, 4) is 0 Å². The number of benzene rings is 1. The average molecular weight is 281 g/mol. The Morgan fingerprint density at radius 3 is 2.60 bits per heavy atom. The topological polar surface area (TPSA) is 58.4 Å². The first-order valence-electron chi connectivity index (χ1n) is 6.95. The number of rotatable bonds is 6. The van der Waals surface area contributed by atoms with E-state index in [1.54, 1.807) is 0 Å². The van der Waals surface area contributed by atoms with Gasteiger partial charge in [0.25, 0.3) is 0 Å². The van der Waals surface area contributed by atoms with Crippen molar-refractivity contribution in [2.75, 3.05) is 24.1 Å². The van der Waals surface area contributed by atoms with Gasteiger partial charge >= 0.3 is 0 Å². The fraction of sp³-hybridized carbons (Fsp3) is 0.533. The molecule has 0 saturated carbocycles. The van der Waals surface area contributed by atoms with E-state index in [0.29, 0.717) is 11.6 Å². The van der Waals surface area contributed by atoms with E-state index in [1.165, 1.54) is 18.2 Å². The molecule has 0 bridgehead atoms. The molecule has 112 valence electrons. The Kier molecular flexibility index (Phi) is 5.95. The molecule has 0 fully saturated rings. The van der Waals surface area contributed by atoms with Gasteiger partial charge in [-0.1, -0.05) is 20.8 Å². The molecule has 20 heavy (non-hydrogen) atoms. The summed E-state index contributed by atoms with van der Waals surface area (Å²) in [5, 5.41) is 2.60. The monoisotopic (exact) mass is 281 g/mol. The van der Waals surface area contributed by atoms with Crippen molar-refractivity contribution in [2.24, 2.45) is 5.92 Å². The zero-order valence-corrected chi connectivity index (χ0v) is 12.6. The van der Waals surface area contributed by atoms with E-state index < -0.39 is 5.82 Å². The molecular formula is C15H24FN3O. The van der Waals surface area contributed by atoms with Crippen LogP contribution in [0.5, 0.6) is 0 Å². The summed E-state index contributed by atoms with van der Waals surface area (Å²) < 4.78 is 13.6. The standard InChI is InChI=1S/C15H24FN3O/c1-5-19(9-10(2)3)11(4)15(20)18-14-8-12(17)6-7-13(14)16/h6-8,10-11H,5,9,17H2,1-4H3,(H,18,20). The molecule has 1 aromatic rings. The molecule has 5 heteroatoms.